The first kappa shape index (κ1) is 18.4. The fourth-order valence-electron chi connectivity index (χ4n) is 2.81. The Morgan fingerprint density at radius 3 is 2.45 bits per heavy atom. The van der Waals surface area contributed by atoms with Gasteiger partial charge in [0.05, 0.1) is 6.20 Å². The summed E-state index contributed by atoms with van der Waals surface area (Å²) in [5.74, 6) is 0.787. The third-order valence-electron chi connectivity index (χ3n) is 4.26. The lowest BCUT2D eigenvalue weighted by atomic mass is 10.2. The van der Waals surface area contributed by atoms with E-state index in [0.29, 0.717) is 18.2 Å². The third kappa shape index (κ3) is 4.87. The number of anilines is 1. The fraction of sp³-hybridized carbons (Fsp3) is 0.0870. The molecule has 0 spiro atoms. The van der Waals surface area contributed by atoms with Crippen LogP contribution >= 0.6 is 0 Å². The maximum Gasteiger partial charge on any atom is 0.262 e. The molecule has 0 bridgehead atoms. The van der Waals surface area contributed by atoms with Gasteiger partial charge in [0.15, 0.2) is 6.61 Å². The summed E-state index contributed by atoms with van der Waals surface area (Å²) in [6.45, 7) is 0.335. The zero-order valence-corrected chi connectivity index (χ0v) is 15.6. The Hall–Kier alpha value is -3.93. The summed E-state index contributed by atoms with van der Waals surface area (Å²) in [7, 11) is 0. The minimum atomic E-state index is -0.280. The van der Waals surface area contributed by atoms with E-state index in [1.165, 1.54) is 0 Å². The van der Waals surface area contributed by atoms with E-state index in [4.69, 9.17) is 9.47 Å². The molecule has 29 heavy (non-hydrogen) atoms. The number of ether oxygens (including phenoxy) is 2. The molecule has 0 saturated heterocycles. The number of fused-ring (bicyclic) bond motifs is 1. The van der Waals surface area contributed by atoms with Crippen molar-refractivity contribution >= 4 is 22.4 Å². The molecule has 0 atom stereocenters. The van der Waals surface area contributed by atoms with E-state index < -0.39 is 0 Å². The van der Waals surface area contributed by atoms with Crippen LogP contribution in [0.15, 0.2) is 85.1 Å². The highest BCUT2D eigenvalue weighted by Crippen LogP contribution is 2.21. The van der Waals surface area contributed by atoms with Gasteiger partial charge in [-0.15, -0.1) is 5.10 Å². The molecule has 0 fully saturated rings. The highest BCUT2D eigenvalue weighted by atomic mass is 16.5. The molecular weight excluding hydrogens is 366 g/mol. The van der Waals surface area contributed by atoms with Crippen LogP contribution in [-0.4, -0.2) is 22.7 Å². The van der Waals surface area contributed by atoms with E-state index in [9.17, 15) is 4.79 Å². The van der Waals surface area contributed by atoms with Crippen molar-refractivity contribution in [2.24, 2.45) is 0 Å². The molecule has 0 saturated carbocycles. The molecular formula is C23H19N3O3. The first-order valence-corrected chi connectivity index (χ1v) is 9.18. The van der Waals surface area contributed by atoms with E-state index in [-0.39, 0.29) is 12.5 Å². The Labute approximate surface area is 168 Å². The largest absolute Gasteiger partial charge is 0.489 e. The molecule has 1 heterocycles. The number of rotatable bonds is 7. The summed E-state index contributed by atoms with van der Waals surface area (Å²) >= 11 is 0. The smallest absolute Gasteiger partial charge is 0.262 e. The Morgan fingerprint density at radius 1 is 0.862 bits per heavy atom. The fourth-order valence-corrected chi connectivity index (χ4v) is 2.81. The van der Waals surface area contributed by atoms with Gasteiger partial charge in [0.1, 0.15) is 12.4 Å². The Bertz CT molecular complexity index is 1090. The van der Waals surface area contributed by atoms with Crippen molar-refractivity contribution < 1.29 is 14.3 Å². The van der Waals surface area contributed by atoms with Crippen LogP contribution in [0.3, 0.4) is 0 Å². The lowest BCUT2D eigenvalue weighted by molar-refractivity contribution is -0.118. The maximum absolute atomic E-state index is 12.2. The van der Waals surface area contributed by atoms with E-state index in [1.807, 2.05) is 66.7 Å². The van der Waals surface area contributed by atoms with Crippen molar-refractivity contribution in [2.45, 2.75) is 6.61 Å². The summed E-state index contributed by atoms with van der Waals surface area (Å²) in [4.78, 5) is 12.2. The third-order valence-corrected chi connectivity index (χ3v) is 4.26. The molecule has 4 aromatic rings. The van der Waals surface area contributed by atoms with Crippen LogP contribution in [0.25, 0.3) is 10.8 Å². The monoisotopic (exact) mass is 385 g/mol. The van der Waals surface area contributed by atoms with Gasteiger partial charge in [-0.3, -0.25) is 4.79 Å². The molecule has 6 heteroatoms. The minimum absolute atomic E-state index is 0.158. The van der Waals surface area contributed by atoms with Crippen molar-refractivity contribution in [3.8, 4) is 11.6 Å². The molecule has 0 unspecified atom stereocenters. The van der Waals surface area contributed by atoms with Gasteiger partial charge in [0.25, 0.3) is 5.91 Å². The van der Waals surface area contributed by atoms with Crippen LogP contribution in [0.1, 0.15) is 5.56 Å². The molecule has 6 nitrogen and oxygen atoms in total. The Balaban J connectivity index is 1.30. The average Bonchev–Trinajstić information content (AvgIpc) is 2.78. The molecule has 3 aromatic carbocycles. The van der Waals surface area contributed by atoms with Gasteiger partial charge in [-0.2, -0.15) is 5.10 Å². The highest BCUT2D eigenvalue weighted by Gasteiger charge is 2.08. The first-order valence-electron chi connectivity index (χ1n) is 9.18. The summed E-state index contributed by atoms with van der Waals surface area (Å²) < 4.78 is 11.3. The molecule has 0 aliphatic rings. The van der Waals surface area contributed by atoms with Crippen LogP contribution in [0.2, 0.25) is 0 Å². The van der Waals surface area contributed by atoms with E-state index in [2.05, 4.69) is 15.5 Å². The topological polar surface area (TPSA) is 73.3 Å². The van der Waals surface area contributed by atoms with Crippen LogP contribution in [0.5, 0.6) is 11.6 Å². The number of benzene rings is 3. The quantitative estimate of drug-likeness (QED) is 0.515. The molecule has 144 valence electrons. The van der Waals surface area contributed by atoms with Crippen LogP contribution in [0, 0.1) is 0 Å². The van der Waals surface area contributed by atoms with Gasteiger partial charge in [0, 0.05) is 16.5 Å². The van der Waals surface area contributed by atoms with Crippen molar-refractivity contribution in [1.82, 2.24) is 10.2 Å². The molecule has 1 amide bonds. The average molecular weight is 385 g/mol. The standard InChI is InChI=1S/C23H19N3O3/c27-22(16-29-23-21-9-5-4-8-18(21)14-24-26-23)25-19-10-12-20(13-11-19)28-15-17-6-2-1-3-7-17/h1-14H,15-16H2,(H,25,27). The lowest BCUT2D eigenvalue weighted by Gasteiger charge is -2.10. The molecule has 0 aliphatic heterocycles. The molecule has 1 N–H and O–H groups in total. The summed E-state index contributed by atoms with van der Waals surface area (Å²) in [6.07, 6.45) is 1.66. The van der Waals surface area contributed by atoms with Gasteiger partial charge in [-0.1, -0.05) is 48.5 Å². The molecule has 4 rings (SSSR count). The highest BCUT2D eigenvalue weighted by molar-refractivity contribution is 5.92. The van der Waals surface area contributed by atoms with E-state index in [0.717, 1.165) is 22.1 Å². The number of nitrogens with zero attached hydrogens (tertiary/aromatic N) is 2. The normalized spacial score (nSPS) is 10.5. The van der Waals surface area contributed by atoms with Gasteiger partial charge in [0.2, 0.25) is 5.88 Å². The number of carbonyl (C=O) groups is 1. The molecule has 0 radical (unpaired) electrons. The second kappa shape index (κ2) is 8.84. The van der Waals surface area contributed by atoms with Crippen molar-refractivity contribution in [1.29, 1.82) is 0 Å². The predicted molar refractivity (Wildman–Crippen MR) is 111 cm³/mol. The summed E-state index contributed by atoms with van der Waals surface area (Å²) in [5, 5.41) is 12.4. The Kier molecular flexibility index (Phi) is 5.62. The maximum atomic E-state index is 12.2. The zero-order valence-electron chi connectivity index (χ0n) is 15.6. The lowest BCUT2D eigenvalue weighted by Crippen LogP contribution is -2.20. The SMILES string of the molecule is O=C(COc1nncc2ccccc12)Nc1ccc(OCc2ccccc2)cc1. The van der Waals surface area contributed by atoms with Crippen molar-refractivity contribution in [2.75, 3.05) is 11.9 Å². The number of hydrogen-bond donors (Lipinski definition) is 1. The van der Waals surface area contributed by atoms with Gasteiger partial charge in [-0.05, 0) is 35.9 Å². The minimum Gasteiger partial charge on any atom is -0.489 e. The number of hydrogen-bond acceptors (Lipinski definition) is 5. The predicted octanol–water partition coefficient (Wildman–Crippen LogP) is 4.23. The van der Waals surface area contributed by atoms with Crippen molar-refractivity contribution in [3.05, 3.63) is 90.6 Å². The van der Waals surface area contributed by atoms with Gasteiger partial charge < -0.3 is 14.8 Å². The van der Waals surface area contributed by atoms with Gasteiger partial charge in [-0.25, -0.2) is 0 Å². The molecule has 0 aliphatic carbocycles. The number of carbonyl (C=O) groups excluding carboxylic acids is 1. The van der Waals surface area contributed by atoms with Crippen LogP contribution in [0.4, 0.5) is 5.69 Å². The molecule has 1 aromatic heterocycles. The van der Waals surface area contributed by atoms with Crippen LogP contribution in [-0.2, 0) is 11.4 Å². The van der Waals surface area contributed by atoms with Crippen LogP contribution < -0.4 is 14.8 Å². The second-order valence-corrected chi connectivity index (χ2v) is 6.37. The van der Waals surface area contributed by atoms with E-state index >= 15 is 0 Å². The first-order chi connectivity index (χ1) is 14.3. The number of nitrogens with one attached hydrogen (secondary N) is 1. The van der Waals surface area contributed by atoms with Crippen molar-refractivity contribution in [3.63, 3.8) is 0 Å². The number of amides is 1. The summed E-state index contributed by atoms with van der Waals surface area (Å²) in [6, 6.07) is 24.7. The van der Waals surface area contributed by atoms with E-state index in [1.54, 1.807) is 18.3 Å². The van der Waals surface area contributed by atoms with Gasteiger partial charge >= 0.3 is 0 Å². The summed E-state index contributed by atoms with van der Waals surface area (Å²) in [5.41, 5.74) is 1.76. The zero-order chi connectivity index (χ0) is 19.9. The number of aromatic nitrogens is 2. The second-order valence-electron chi connectivity index (χ2n) is 6.37. The Morgan fingerprint density at radius 2 is 1.62 bits per heavy atom.